The highest BCUT2D eigenvalue weighted by Gasteiger charge is 2.24. The highest BCUT2D eigenvalue weighted by molar-refractivity contribution is 5.58. The molecule has 0 saturated heterocycles. The van der Waals surface area contributed by atoms with Crippen LogP contribution in [0.2, 0.25) is 0 Å². The second-order valence-electron chi connectivity index (χ2n) is 5.76. The van der Waals surface area contributed by atoms with Crippen molar-refractivity contribution >= 4 is 5.78 Å². The normalized spacial score (nSPS) is 11.3. The summed E-state index contributed by atoms with van der Waals surface area (Å²) in [6.45, 7) is 0. The van der Waals surface area contributed by atoms with Crippen molar-refractivity contribution in [3.63, 3.8) is 0 Å². The third-order valence-corrected chi connectivity index (χ3v) is 4.38. The molecule has 0 unspecified atom stereocenters. The van der Waals surface area contributed by atoms with E-state index in [2.05, 4.69) is 75.5 Å². The van der Waals surface area contributed by atoms with E-state index in [-0.39, 0.29) is 0 Å². The summed E-state index contributed by atoms with van der Waals surface area (Å²) in [4.78, 5) is 4.40. The summed E-state index contributed by atoms with van der Waals surface area (Å²) in [7, 11) is 6.22. The second-order valence-corrected chi connectivity index (χ2v) is 5.76. The Hall–Kier alpha value is -2.95. The summed E-state index contributed by atoms with van der Waals surface area (Å²) in [5.41, 5.74) is 4.63. The summed E-state index contributed by atoms with van der Waals surface area (Å²) < 4.78 is 8.52. The van der Waals surface area contributed by atoms with Crippen LogP contribution in [0.4, 0.5) is 0 Å². The zero-order valence-corrected chi connectivity index (χ0v) is 13.5. The van der Waals surface area contributed by atoms with Crippen molar-refractivity contribution in [3.05, 3.63) is 61.2 Å². The lowest BCUT2D eigenvalue weighted by Crippen LogP contribution is -2.40. The van der Waals surface area contributed by atoms with Crippen LogP contribution < -0.4 is 9.13 Å². The lowest BCUT2D eigenvalue weighted by Gasteiger charge is -2.04. The van der Waals surface area contributed by atoms with Crippen LogP contribution in [0.5, 0.6) is 0 Å². The van der Waals surface area contributed by atoms with E-state index in [1.54, 1.807) is 0 Å². The van der Waals surface area contributed by atoms with Gasteiger partial charge in [-0.2, -0.15) is 9.13 Å². The van der Waals surface area contributed by atoms with Crippen LogP contribution in [-0.2, 0) is 21.1 Å². The van der Waals surface area contributed by atoms with Gasteiger partial charge in [-0.05, 0) is 12.1 Å². The van der Waals surface area contributed by atoms with E-state index in [4.69, 9.17) is 0 Å². The monoisotopic (exact) mass is 305 g/mol. The fourth-order valence-electron chi connectivity index (χ4n) is 3.12. The number of fused-ring (bicyclic) bond motifs is 1. The number of nitrogens with zero attached hydrogens (tertiary/aromatic N) is 5. The van der Waals surface area contributed by atoms with Gasteiger partial charge in [0.15, 0.2) is 6.20 Å². The Balaban J connectivity index is 1.94. The summed E-state index contributed by atoms with van der Waals surface area (Å²) in [6, 6.07) is 12.6. The Bertz CT molecular complexity index is 1010. The molecule has 0 aromatic carbocycles. The van der Waals surface area contributed by atoms with Gasteiger partial charge in [-0.1, -0.05) is 0 Å². The number of aromatic nitrogens is 5. The lowest BCUT2D eigenvalue weighted by atomic mass is 10.2. The van der Waals surface area contributed by atoms with Crippen LogP contribution in [-0.4, -0.2) is 14.0 Å². The van der Waals surface area contributed by atoms with Crippen LogP contribution >= 0.6 is 0 Å². The maximum Gasteiger partial charge on any atom is 0.277 e. The van der Waals surface area contributed by atoms with Crippen molar-refractivity contribution in [1.29, 1.82) is 0 Å². The first kappa shape index (κ1) is 13.7. The molecule has 0 fully saturated rings. The molecular formula is C18H19N5+2. The van der Waals surface area contributed by atoms with Crippen LogP contribution in [0.15, 0.2) is 61.2 Å². The summed E-state index contributed by atoms with van der Waals surface area (Å²) in [5, 5.41) is 0. The van der Waals surface area contributed by atoms with E-state index in [1.165, 1.54) is 11.4 Å². The molecule has 0 aliphatic rings. The predicted octanol–water partition coefficient (Wildman–Crippen LogP) is 1.66. The molecule has 114 valence electrons. The number of rotatable bonds is 2. The van der Waals surface area contributed by atoms with Crippen molar-refractivity contribution in [2.24, 2.45) is 21.1 Å². The smallest absolute Gasteiger partial charge is 0.277 e. The van der Waals surface area contributed by atoms with Crippen molar-refractivity contribution < 1.29 is 9.13 Å². The van der Waals surface area contributed by atoms with Gasteiger partial charge in [-0.25, -0.2) is 4.98 Å². The van der Waals surface area contributed by atoms with E-state index >= 15 is 0 Å². The molecule has 0 spiro atoms. The number of imidazole rings is 2. The molecule has 0 atom stereocenters. The maximum atomic E-state index is 4.40. The molecule has 5 nitrogen and oxygen atoms in total. The highest BCUT2D eigenvalue weighted by atomic mass is 15.2. The third kappa shape index (κ3) is 2.04. The summed E-state index contributed by atoms with van der Waals surface area (Å²) >= 11 is 0. The molecule has 0 saturated carbocycles. The van der Waals surface area contributed by atoms with Gasteiger partial charge in [0.25, 0.3) is 11.4 Å². The molecule has 23 heavy (non-hydrogen) atoms. The summed E-state index contributed by atoms with van der Waals surface area (Å²) in [5.74, 6) is 0.940. The van der Waals surface area contributed by atoms with Gasteiger partial charge in [0.2, 0.25) is 11.5 Å². The first-order chi connectivity index (χ1) is 11.2. The van der Waals surface area contributed by atoms with E-state index < -0.39 is 0 Å². The Kier molecular flexibility index (Phi) is 3.01. The minimum absolute atomic E-state index is 0.940. The molecule has 4 heterocycles. The third-order valence-electron chi connectivity index (χ3n) is 4.38. The van der Waals surface area contributed by atoms with Gasteiger partial charge in [0.1, 0.15) is 19.8 Å². The molecule has 0 radical (unpaired) electrons. The standard InChI is InChI=1S/C18H19N5/c1-20-11-5-4-7-14(20)15-8-6-9-16(21(15)2)17-13-23-12-10-19-18(23)22(17)3/h4-13H,1-3H3/q+2. The molecule has 4 aromatic heterocycles. The predicted molar refractivity (Wildman–Crippen MR) is 87.4 cm³/mol. The molecule has 5 heteroatoms. The maximum absolute atomic E-state index is 4.40. The molecule has 4 rings (SSSR count). The van der Waals surface area contributed by atoms with Crippen molar-refractivity contribution in [2.75, 3.05) is 0 Å². The van der Waals surface area contributed by atoms with Crippen molar-refractivity contribution in [1.82, 2.24) is 14.0 Å². The largest absolute Gasteiger partial charge is 0.308 e. The molecule has 4 aromatic rings. The first-order valence-electron chi connectivity index (χ1n) is 7.59. The average Bonchev–Trinajstić information content (AvgIpc) is 3.12. The van der Waals surface area contributed by atoms with Crippen LogP contribution in [0, 0.1) is 0 Å². The Morgan fingerprint density at radius 3 is 2.52 bits per heavy atom. The average molecular weight is 305 g/mol. The van der Waals surface area contributed by atoms with E-state index in [9.17, 15) is 0 Å². The van der Waals surface area contributed by atoms with Crippen LogP contribution in [0.25, 0.3) is 28.6 Å². The van der Waals surface area contributed by atoms with Crippen LogP contribution in [0.3, 0.4) is 0 Å². The zero-order valence-electron chi connectivity index (χ0n) is 13.5. The molecule has 0 aliphatic heterocycles. The molecule has 0 N–H and O–H groups in total. The fourth-order valence-corrected chi connectivity index (χ4v) is 3.12. The second kappa shape index (κ2) is 5.05. The van der Waals surface area contributed by atoms with E-state index in [1.807, 2.05) is 29.9 Å². The topological polar surface area (TPSA) is 30.0 Å². The fraction of sp³-hybridized carbons (Fsp3) is 0.167. The van der Waals surface area contributed by atoms with Gasteiger partial charge >= 0.3 is 0 Å². The van der Waals surface area contributed by atoms with Crippen molar-refractivity contribution in [3.8, 4) is 22.8 Å². The lowest BCUT2D eigenvalue weighted by molar-refractivity contribution is -0.685. The zero-order chi connectivity index (χ0) is 16.0. The Labute approximate surface area is 134 Å². The van der Waals surface area contributed by atoms with Gasteiger partial charge in [-0.15, -0.1) is 0 Å². The van der Waals surface area contributed by atoms with Gasteiger partial charge in [0.05, 0.1) is 0 Å². The quantitative estimate of drug-likeness (QED) is 0.518. The molecular weight excluding hydrogens is 286 g/mol. The number of hydrogen-bond acceptors (Lipinski definition) is 1. The minimum atomic E-state index is 0.940. The van der Waals surface area contributed by atoms with Crippen molar-refractivity contribution in [2.45, 2.75) is 0 Å². The number of pyridine rings is 2. The Morgan fingerprint density at radius 1 is 0.957 bits per heavy atom. The number of hydrogen-bond donors (Lipinski definition) is 0. The number of aryl methyl sites for hydroxylation is 2. The molecule has 0 bridgehead atoms. The van der Waals surface area contributed by atoms with Gasteiger partial charge < -0.3 is 4.57 Å². The van der Waals surface area contributed by atoms with E-state index in [0.29, 0.717) is 0 Å². The molecule has 0 aliphatic carbocycles. The minimum Gasteiger partial charge on any atom is -0.308 e. The molecule has 0 amide bonds. The van der Waals surface area contributed by atoms with Crippen LogP contribution in [0.1, 0.15) is 0 Å². The van der Waals surface area contributed by atoms with E-state index in [0.717, 1.165) is 17.2 Å². The summed E-state index contributed by atoms with van der Waals surface area (Å²) in [6.07, 6.45) is 7.98. The highest BCUT2D eigenvalue weighted by Crippen LogP contribution is 2.20. The van der Waals surface area contributed by atoms with Gasteiger partial charge in [-0.3, -0.25) is 4.40 Å². The SMILES string of the molecule is Cn1c(-c2cccc(-c3cccc[n+]3C)[n+]2C)cn2ccnc12. The van der Waals surface area contributed by atoms with Gasteiger partial charge in [0, 0.05) is 49.9 Å². The Morgan fingerprint density at radius 2 is 1.74 bits per heavy atom. The first-order valence-corrected chi connectivity index (χ1v) is 7.59.